The van der Waals surface area contributed by atoms with Gasteiger partial charge in [-0.1, -0.05) is 12.1 Å². The highest BCUT2D eigenvalue weighted by Crippen LogP contribution is 2.32. The summed E-state index contributed by atoms with van der Waals surface area (Å²) in [5.74, 6) is -2.14. The first-order valence-corrected chi connectivity index (χ1v) is 9.18. The van der Waals surface area contributed by atoms with Crippen molar-refractivity contribution in [3.63, 3.8) is 0 Å². The standard InChI is InChI=1S/C18H21N5O6/c1-2-29-17(26)14-15(12-3-5-13(6-4-12)23(27)28)19-18(20-16(14)25)22-9-7-21(11-24)8-10-22/h3-6,11,14-15H,2,7-10H2,1H3,(H,19,20,25)/t14-,15+/m1/s1. The molecule has 11 nitrogen and oxygen atoms in total. The number of hydrogen-bond acceptors (Lipinski definition) is 8. The molecule has 0 spiro atoms. The van der Waals surface area contributed by atoms with E-state index >= 15 is 0 Å². The molecule has 1 fully saturated rings. The predicted octanol–water partition coefficient (Wildman–Crippen LogP) is 0.0750. The van der Waals surface area contributed by atoms with Crippen molar-refractivity contribution in [3.8, 4) is 0 Å². The summed E-state index contributed by atoms with van der Waals surface area (Å²) >= 11 is 0. The number of carbonyl (C=O) groups is 3. The summed E-state index contributed by atoms with van der Waals surface area (Å²) in [6.07, 6.45) is 0.773. The number of nitrogens with one attached hydrogen (secondary N) is 1. The van der Waals surface area contributed by atoms with E-state index in [1.165, 1.54) is 24.3 Å². The van der Waals surface area contributed by atoms with Crippen LogP contribution in [-0.2, 0) is 19.1 Å². The van der Waals surface area contributed by atoms with Gasteiger partial charge in [0.15, 0.2) is 5.92 Å². The van der Waals surface area contributed by atoms with E-state index in [-0.39, 0.29) is 12.3 Å². The molecule has 154 valence electrons. The van der Waals surface area contributed by atoms with E-state index < -0.39 is 28.8 Å². The average Bonchev–Trinajstić information content (AvgIpc) is 2.73. The van der Waals surface area contributed by atoms with Gasteiger partial charge in [-0.25, -0.2) is 4.99 Å². The van der Waals surface area contributed by atoms with Crippen LogP contribution >= 0.6 is 0 Å². The molecule has 0 saturated carbocycles. The van der Waals surface area contributed by atoms with Crippen LogP contribution in [0.2, 0.25) is 0 Å². The van der Waals surface area contributed by atoms with Crippen LogP contribution in [0.1, 0.15) is 18.5 Å². The van der Waals surface area contributed by atoms with Crippen molar-refractivity contribution in [2.75, 3.05) is 32.8 Å². The Hall–Kier alpha value is -3.50. The van der Waals surface area contributed by atoms with Crippen molar-refractivity contribution in [2.24, 2.45) is 10.9 Å². The second-order valence-corrected chi connectivity index (χ2v) is 6.59. The number of piperazine rings is 1. The molecule has 1 aromatic carbocycles. The van der Waals surface area contributed by atoms with Crippen molar-refractivity contribution < 1.29 is 24.0 Å². The van der Waals surface area contributed by atoms with Crippen LogP contribution in [-0.4, -0.2) is 71.8 Å². The number of nitrogens with zero attached hydrogens (tertiary/aromatic N) is 4. The molecule has 2 amide bonds. The fourth-order valence-corrected chi connectivity index (χ4v) is 3.30. The number of hydrogen-bond donors (Lipinski definition) is 1. The highest BCUT2D eigenvalue weighted by Gasteiger charge is 2.42. The maximum atomic E-state index is 12.7. The number of rotatable bonds is 5. The van der Waals surface area contributed by atoms with Gasteiger partial charge in [0.2, 0.25) is 18.3 Å². The number of carbonyl (C=O) groups excluding carboxylic acids is 3. The number of aliphatic imine (C=N–C) groups is 1. The van der Waals surface area contributed by atoms with Gasteiger partial charge in [0, 0.05) is 38.3 Å². The third kappa shape index (κ3) is 4.33. The lowest BCUT2D eigenvalue weighted by atomic mass is 9.91. The Labute approximate surface area is 166 Å². The summed E-state index contributed by atoms with van der Waals surface area (Å²) in [6, 6.07) is 4.71. The van der Waals surface area contributed by atoms with E-state index in [2.05, 4.69) is 10.3 Å². The van der Waals surface area contributed by atoms with Gasteiger partial charge in [0.25, 0.3) is 5.69 Å². The maximum Gasteiger partial charge on any atom is 0.321 e. The lowest BCUT2D eigenvalue weighted by molar-refractivity contribution is -0.384. The molecule has 0 aliphatic carbocycles. The fourth-order valence-electron chi connectivity index (χ4n) is 3.30. The van der Waals surface area contributed by atoms with E-state index in [0.717, 1.165) is 6.41 Å². The Morgan fingerprint density at radius 2 is 1.97 bits per heavy atom. The quantitative estimate of drug-likeness (QED) is 0.242. The molecule has 2 atom stereocenters. The van der Waals surface area contributed by atoms with Crippen LogP contribution in [0.4, 0.5) is 5.69 Å². The van der Waals surface area contributed by atoms with E-state index in [0.29, 0.717) is 37.7 Å². The summed E-state index contributed by atoms with van der Waals surface area (Å²) in [5.41, 5.74) is 0.392. The zero-order valence-electron chi connectivity index (χ0n) is 15.8. The zero-order valence-corrected chi connectivity index (χ0v) is 15.8. The summed E-state index contributed by atoms with van der Waals surface area (Å²) in [7, 11) is 0. The Bertz CT molecular complexity index is 832. The van der Waals surface area contributed by atoms with Gasteiger partial charge >= 0.3 is 5.97 Å². The number of nitro groups is 1. The highest BCUT2D eigenvalue weighted by atomic mass is 16.6. The van der Waals surface area contributed by atoms with E-state index in [4.69, 9.17) is 4.74 Å². The zero-order chi connectivity index (χ0) is 21.0. The molecule has 29 heavy (non-hydrogen) atoms. The van der Waals surface area contributed by atoms with E-state index in [1.807, 2.05) is 4.90 Å². The van der Waals surface area contributed by atoms with Crippen LogP contribution in [0.3, 0.4) is 0 Å². The normalized spacial score (nSPS) is 21.8. The summed E-state index contributed by atoms with van der Waals surface area (Å²) in [5, 5.41) is 13.6. The lowest BCUT2D eigenvalue weighted by Gasteiger charge is -2.37. The molecule has 0 radical (unpaired) electrons. The minimum Gasteiger partial charge on any atom is -0.465 e. The van der Waals surface area contributed by atoms with E-state index in [9.17, 15) is 24.5 Å². The first-order chi connectivity index (χ1) is 13.9. The third-order valence-corrected chi connectivity index (χ3v) is 4.84. The Balaban J connectivity index is 1.93. The second kappa shape index (κ2) is 8.67. The largest absolute Gasteiger partial charge is 0.465 e. The number of ether oxygens (including phenoxy) is 1. The van der Waals surface area contributed by atoms with Crippen molar-refractivity contribution in [1.82, 2.24) is 15.1 Å². The molecule has 1 N–H and O–H groups in total. The van der Waals surface area contributed by atoms with Crippen LogP contribution in [0.5, 0.6) is 0 Å². The van der Waals surface area contributed by atoms with Gasteiger partial charge in [0.1, 0.15) is 6.04 Å². The second-order valence-electron chi connectivity index (χ2n) is 6.59. The molecule has 1 saturated heterocycles. The van der Waals surface area contributed by atoms with E-state index in [1.54, 1.807) is 11.8 Å². The van der Waals surface area contributed by atoms with Crippen LogP contribution in [0.25, 0.3) is 0 Å². The monoisotopic (exact) mass is 403 g/mol. The number of amides is 2. The third-order valence-electron chi connectivity index (χ3n) is 4.84. The number of non-ortho nitro benzene ring substituents is 1. The highest BCUT2D eigenvalue weighted by molar-refractivity contribution is 6.08. The van der Waals surface area contributed by atoms with Gasteiger partial charge in [0.05, 0.1) is 11.5 Å². The molecular weight excluding hydrogens is 382 g/mol. The number of nitro benzene ring substituents is 1. The summed E-state index contributed by atoms with van der Waals surface area (Å²) in [4.78, 5) is 54.5. The van der Waals surface area contributed by atoms with Crippen molar-refractivity contribution >= 4 is 29.9 Å². The number of benzene rings is 1. The van der Waals surface area contributed by atoms with Gasteiger partial charge in [-0.3, -0.25) is 29.8 Å². The van der Waals surface area contributed by atoms with Gasteiger partial charge in [-0.05, 0) is 12.5 Å². The lowest BCUT2D eigenvalue weighted by Crippen LogP contribution is -2.57. The molecule has 2 aliphatic heterocycles. The van der Waals surface area contributed by atoms with Gasteiger partial charge in [-0.15, -0.1) is 0 Å². The molecule has 0 aromatic heterocycles. The molecule has 2 heterocycles. The van der Waals surface area contributed by atoms with Crippen LogP contribution < -0.4 is 5.32 Å². The maximum absolute atomic E-state index is 12.7. The molecule has 0 bridgehead atoms. The number of esters is 1. The van der Waals surface area contributed by atoms with Crippen molar-refractivity contribution in [2.45, 2.75) is 13.0 Å². The molecule has 0 unspecified atom stereocenters. The summed E-state index contributed by atoms with van der Waals surface area (Å²) < 4.78 is 5.04. The Morgan fingerprint density at radius 3 is 2.52 bits per heavy atom. The van der Waals surface area contributed by atoms with Gasteiger partial charge in [-0.2, -0.15) is 0 Å². The SMILES string of the molecule is CCOC(=O)[C@H]1C(=O)NC(N2CCN(C=O)CC2)=N[C@H]1c1ccc([N+](=O)[O-])cc1. The fraction of sp³-hybridized carbons (Fsp3) is 0.444. The van der Waals surface area contributed by atoms with Crippen LogP contribution in [0.15, 0.2) is 29.3 Å². The average molecular weight is 403 g/mol. The van der Waals surface area contributed by atoms with Crippen molar-refractivity contribution in [3.05, 3.63) is 39.9 Å². The minimum absolute atomic E-state index is 0.101. The minimum atomic E-state index is -1.20. The van der Waals surface area contributed by atoms with Crippen LogP contribution in [0, 0.1) is 16.0 Å². The molecule has 1 aromatic rings. The number of guanidine groups is 1. The Morgan fingerprint density at radius 1 is 1.31 bits per heavy atom. The topological polar surface area (TPSA) is 134 Å². The van der Waals surface area contributed by atoms with Gasteiger partial charge < -0.3 is 14.5 Å². The summed E-state index contributed by atoms with van der Waals surface area (Å²) in [6.45, 7) is 3.69. The molecule has 2 aliphatic rings. The first kappa shape index (κ1) is 20.2. The molecule has 3 rings (SSSR count). The first-order valence-electron chi connectivity index (χ1n) is 9.18. The molecule has 11 heteroatoms. The smallest absolute Gasteiger partial charge is 0.321 e. The molecular formula is C18H21N5O6. The Kier molecular flexibility index (Phi) is 6.05. The van der Waals surface area contributed by atoms with Crippen molar-refractivity contribution in [1.29, 1.82) is 0 Å². The predicted molar refractivity (Wildman–Crippen MR) is 101 cm³/mol.